The van der Waals surface area contributed by atoms with Gasteiger partial charge in [-0.05, 0) is 60.8 Å². The Hall–Kier alpha value is -0.360. The second kappa shape index (κ2) is 6.27. The predicted octanol–water partition coefficient (Wildman–Crippen LogP) is 3.30. The van der Waals surface area contributed by atoms with Crippen molar-refractivity contribution >= 4 is 40.0 Å². The second-order valence-electron chi connectivity index (χ2n) is 2.97. The van der Waals surface area contributed by atoms with Gasteiger partial charge in [0.05, 0.1) is 3.57 Å². The zero-order chi connectivity index (χ0) is 11.3. The van der Waals surface area contributed by atoms with E-state index in [1.165, 1.54) is 0 Å². The average Bonchev–Trinajstić information content (AvgIpc) is 2.23. The van der Waals surface area contributed by atoms with Crippen LogP contribution in [0.4, 0.5) is 0 Å². The van der Waals surface area contributed by atoms with Crippen LogP contribution in [0, 0.1) is 3.57 Å². The van der Waals surface area contributed by atoms with E-state index in [1.54, 1.807) is 0 Å². The van der Waals surface area contributed by atoms with E-state index in [-0.39, 0.29) is 0 Å². The molecule has 1 aromatic rings. The van der Waals surface area contributed by atoms with E-state index in [0.29, 0.717) is 5.17 Å². The highest BCUT2D eigenvalue weighted by Gasteiger charge is 2.08. The van der Waals surface area contributed by atoms with Crippen molar-refractivity contribution in [2.24, 2.45) is 0 Å². The van der Waals surface area contributed by atoms with Crippen molar-refractivity contribution in [3.05, 3.63) is 27.8 Å². The van der Waals surface area contributed by atoms with Gasteiger partial charge in [0.2, 0.25) is 0 Å². The molecule has 0 unspecified atom stereocenters. The summed E-state index contributed by atoms with van der Waals surface area (Å²) in [5.41, 5.74) is 0. The zero-order valence-corrected chi connectivity index (χ0v) is 11.8. The van der Waals surface area contributed by atoms with Gasteiger partial charge in [0.15, 0.2) is 0 Å². The Balaban J connectivity index is 2.70. The first-order valence-electron chi connectivity index (χ1n) is 4.90. The zero-order valence-electron chi connectivity index (χ0n) is 8.87. The van der Waals surface area contributed by atoms with Gasteiger partial charge in [0.25, 0.3) is 5.17 Å². The van der Waals surface area contributed by atoms with Crippen LogP contribution in [0.3, 0.4) is 0 Å². The highest BCUT2D eigenvalue weighted by molar-refractivity contribution is 14.1. The van der Waals surface area contributed by atoms with Crippen LogP contribution in [0.2, 0.25) is 0 Å². The van der Waals surface area contributed by atoms with Gasteiger partial charge in [-0.25, -0.2) is 0 Å². The van der Waals surface area contributed by atoms with Crippen molar-refractivity contribution in [2.75, 3.05) is 13.1 Å². The van der Waals surface area contributed by atoms with E-state index in [4.69, 9.17) is 17.0 Å². The maximum absolute atomic E-state index is 5.64. The quantitative estimate of drug-likeness (QED) is 0.621. The molecule has 0 bridgehead atoms. The molecule has 0 atom stereocenters. The summed E-state index contributed by atoms with van der Waals surface area (Å²) in [6, 6.07) is 7.86. The smallest absolute Gasteiger partial charge is 0.264 e. The largest absolute Gasteiger partial charge is 0.431 e. The van der Waals surface area contributed by atoms with Crippen molar-refractivity contribution < 1.29 is 4.74 Å². The first-order chi connectivity index (χ1) is 7.19. The molecule has 0 spiro atoms. The minimum absolute atomic E-state index is 0.545. The van der Waals surface area contributed by atoms with Crippen molar-refractivity contribution in [1.82, 2.24) is 4.90 Å². The first kappa shape index (κ1) is 12.7. The Labute approximate surface area is 110 Å². The summed E-state index contributed by atoms with van der Waals surface area (Å²) >= 11 is 7.45. The average molecular weight is 335 g/mol. The lowest BCUT2D eigenvalue weighted by Gasteiger charge is -2.21. The molecule has 0 aliphatic heterocycles. The van der Waals surface area contributed by atoms with E-state index in [1.807, 2.05) is 29.2 Å². The SMILES string of the molecule is CCN(CC)C(=S)Oc1ccccc1I. The number of hydrogen-bond acceptors (Lipinski definition) is 2. The third-order valence-corrected chi connectivity index (χ3v) is 3.29. The van der Waals surface area contributed by atoms with Gasteiger partial charge in [0, 0.05) is 13.1 Å². The van der Waals surface area contributed by atoms with Crippen LogP contribution in [0.1, 0.15) is 13.8 Å². The van der Waals surface area contributed by atoms with Gasteiger partial charge in [-0.2, -0.15) is 0 Å². The molecular weight excluding hydrogens is 321 g/mol. The Morgan fingerprint density at radius 2 is 1.93 bits per heavy atom. The molecule has 0 heterocycles. The van der Waals surface area contributed by atoms with Gasteiger partial charge in [-0.3, -0.25) is 0 Å². The van der Waals surface area contributed by atoms with Crippen LogP contribution < -0.4 is 4.74 Å². The van der Waals surface area contributed by atoms with Crippen LogP contribution in [-0.2, 0) is 0 Å². The van der Waals surface area contributed by atoms with Gasteiger partial charge in [-0.1, -0.05) is 12.1 Å². The number of thiocarbonyl (C=S) groups is 1. The Morgan fingerprint density at radius 1 is 1.33 bits per heavy atom. The first-order valence-corrected chi connectivity index (χ1v) is 6.39. The number of hydrogen-bond donors (Lipinski definition) is 0. The number of benzene rings is 1. The fourth-order valence-electron chi connectivity index (χ4n) is 1.17. The Bertz CT molecular complexity index is 339. The van der Waals surface area contributed by atoms with Crippen molar-refractivity contribution in [3.63, 3.8) is 0 Å². The number of nitrogens with zero attached hydrogens (tertiary/aromatic N) is 1. The minimum Gasteiger partial charge on any atom is -0.431 e. The molecule has 0 saturated carbocycles. The monoisotopic (exact) mass is 335 g/mol. The van der Waals surface area contributed by atoms with Crippen LogP contribution in [0.5, 0.6) is 5.75 Å². The molecule has 0 aliphatic rings. The third-order valence-electron chi connectivity index (χ3n) is 2.06. The summed E-state index contributed by atoms with van der Waals surface area (Å²) in [5.74, 6) is 0.829. The fraction of sp³-hybridized carbons (Fsp3) is 0.364. The lowest BCUT2D eigenvalue weighted by atomic mass is 10.3. The molecule has 2 nitrogen and oxygen atoms in total. The van der Waals surface area contributed by atoms with Crippen molar-refractivity contribution in [3.8, 4) is 5.75 Å². The standard InChI is InChI=1S/C11H14INOS/c1-3-13(4-2)11(15)14-10-8-6-5-7-9(10)12/h5-8H,3-4H2,1-2H3. The van der Waals surface area contributed by atoms with E-state index < -0.39 is 0 Å². The molecule has 4 heteroatoms. The molecule has 0 saturated heterocycles. The number of halogens is 1. The Kier molecular flexibility index (Phi) is 5.31. The summed E-state index contributed by atoms with van der Waals surface area (Å²) in [6.45, 7) is 5.88. The maximum atomic E-state index is 5.64. The molecule has 1 aromatic carbocycles. The summed E-state index contributed by atoms with van der Waals surface area (Å²) in [7, 11) is 0. The van der Waals surface area contributed by atoms with Gasteiger partial charge < -0.3 is 9.64 Å². The van der Waals surface area contributed by atoms with Crippen molar-refractivity contribution in [2.45, 2.75) is 13.8 Å². The van der Waals surface area contributed by atoms with E-state index in [9.17, 15) is 0 Å². The summed E-state index contributed by atoms with van der Waals surface area (Å²) in [6.07, 6.45) is 0. The molecule has 0 amide bonds. The van der Waals surface area contributed by atoms with Crippen LogP contribution in [0.15, 0.2) is 24.3 Å². The molecule has 0 aromatic heterocycles. The highest BCUT2D eigenvalue weighted by Crippen LogP contribution is 2.20. The van der Waals surface area contributed by atoms with Gasteiger partial charge in [-0.15, -0.1) is 0 Å². The summed E-state index contributed by atoms with van der Waals surface area (Å²) in [5, 5.41) is 0.545. The summed E-state index contributed by atoms with van der Waals surface area (Å²) in [4.78, 5) is 2.01. The molecule has 0 radical (unpaired) electrons. The number of rotatable bonds is 3. The second-order valence-corrected chi connectivity index (χ2v) is 4.48. The number of para-hydroxylation sites is 1. The fourth-order valence-corrected chi connectivity index (χ4v) is 2.01. The third kappa shape index (κ3) is 3.61. The number of ether oxygens (including phenoxy) is 1. The molecule has 0 N–H and O–H groups in total. The van der Waals surface area contributed by atoms with Gasteiger partial charge in [0.1, 0.15) is 5.75 Å². The maximum Gasteiger partial charge on any atom is 0.264 e. The molecule has 82 valence electrons. The molecule has 0 aliphatic carbocycles. The topological polar surface area (TPSA) is 12.5 Å². The van der Waals surface area contributed by atoms with E-state index >= 15 is 0 Å². The minimum atomic E-state index is 0.545. The molecule has 1 rings (SSSR count). The lowest BCUT2D eigenvalue weighted by Crippen LogP contribution is -2.32. The Morgan fingerprint density at radius 3 is 2.47 bits per heavy atom. The molecule has 0 fully saturated rings. The van der Waals surface area contributed by atoms with E-state index in [2.05, 4.69) is 36.4 Å². The van der Waals surface area contributed by atoms with Crippen LogP contribution >= 0.6 is 34.8 Å². The van der Waals surface area contributed by atoms with Crippen molar-refractivity contribution in [1.29, 1.82) is 0 Å². The van der Waals surface area contributed by atoms with E-state index in [0.717, 1.165) is 22.4 Å². The van der Waals surface area contributed by atoms with Gasteiger partial charge >= 0.3 is 0 Å². The molecular formula is C11H14INOS. The van der Waals surface area contributed by atoms with Crippen LogP contribution in [0.25, 0.3) is 0 Å². The summed E-state index contributed by atoms with van der Waals surface area (Å²) < 4.78 is 6.71. The molecule has 15 heavy (non-hydrogen) atoms. The lowest BCUT2D eigenvalue weighted by molar-refractivity contribution is 0.377. The normalized spacial score (nSPS) is 9.80. The predicted molar refractivity (Wildman–Crippen MR) is 75.3 cm³/mol. The highest BCUT2D eigenvalue weighted by atomic mass is 127. The van der Waals surface area contributed by atoms with Crippen LogP contribution in [-0.4, -0.2) is 23.2 Å².